The summed E-state index contributed by atoms with van der Waals surface area (Å²) in [6, 6.07) is 1.94. The predicted molar refractivity (Wildman–Crippen MR) is 73.6 cm³/mol. The van der Waals surface area contributed by atoms with Gasteiger partial charge < -0.3 is 9.64 Å². The van der Waals surface area contributed by atoms with Gasteiger partial charge in [-0.1, -0.05) is 13.8 Å². The maximum Gasteiger partial charge on any atom is 0.134 e. The Morgan fingerprint density at radius 1 is 1.41 bits per heavy atom. The quantitative estimate of drug-likeness (QED) is 0.598. The van der Waals surface area contributed by atoms with E-state index in [-0.39, 0.29) is 0 Å². The van der Waals surface area contributed by atoms with Gasteiger partial charge in [0.1, 0.15) is 16.2 Å². The van der Waals surface area contributed by atoms with E-state index in [4.69, 9.17) is 4.74 Å². The summed E-state index contributed by atoms with van der Waals surface area (Å²) >= 11 is 3.43. The van der Waals surface area contributed by atoms with Gasteiger partial charge in [0.25, 0.3) is 0 Å². The van der Waals surface area contributed by atoms with E-state index >= 15 is 0 Å². The van der Waals surface area contributed by atoms with E-state index in [0.29, 0.717) is 5.92 Å². The largest absolute Gasteiger partial charge is 0.385 e. The molecule has 1 aromatic heterocycles. The van der Waals surface area contributed by atoms with Gasteiger partial charge in [-0.05, 0) is 22.4 Å². The summed E-state index contributed by atoms with van der Waals surface area (Å²) < 4.78 is 5.88. The maximum absolute atomic E-state index is 5.05. The lowest BCUT2D eigenvalue weighted by Gasteiger charge is -2.19. The molecular formula is C12H20BrN3O. The minimum Gasteiger partial charge on any atom is -0.385 e. The smallest absolute Gasteiger partial charge is 0.134 e. The molecule has 17 heavy (non-hydrogen) atoms. The van der Waals surface area contributed by atoms with Gasteiger partial charge in [0, 0.05) is 39.3 Å². The molecule has 96 valence electrons. The van der Waals surface area contributed by atoms with E-state index in [0.717, 1.165) is 35.8 Å². The monoisotopic (exact) mass is 301 g/mol. The van der Waals surface area contributed by atoms with Crippen molar-refractivity contribution >= 4 is 21.7 Å². The topological polar surface area (TPSA) is 38.2 Å². The van der Waals surface area contributed by atoms with Gasteiger partial charge in [0.05, 0.1) is 0 Å². The van der Waals surface area contributed by atoms with E-state index in [1.54, 1.807) is 7.11 Å². The van der Waals surface area contributed by atoms with Crippen LogP contribution >= 0.6 is 15.9 Å². The molecule has 0 unspecified atom stereocenters. The Hall–Kier alpha value is -0.680. The standard InChI is InChI=1S/C12H20BrN3O/c1-9(2)12-14-10(13)8-11(15-12)16(3)6-5-7-17-4/h8-9H,5-7H2,1-4H3. The fourth-order valence-corrected chi connectivity index (χ4v) is 1.82. The molecule has 1 heterocycles. The molecule has 0 fully saturated rings. The SMILES string of the molecule is COCCCN(C)c1cc(Br)nc(C(C)C)n1. The maximum atomic E-state index is 5.05. The molecule has 0 N–H and O–H groups in total. The Kier molecular flexibility index (Phi) is 5.85. The molecule has 0 aliphatic heterocycles. The summed E-state index contributed by atoms with van der Waals surface area (Å²) in [7, 11) is 3.76. The molecule has 0 aliphatic carbocycles. The third-order valence-corrected chi connectivity index (χ3v) is 2.85. The van der Waals surface area contributed by atoms with Crippen molar-refractivity contribution in [2.45, 2.75) is 26.2 Å². The van der Waals surface area contributed by atoms with Gasteiger partial charge >= 0.3 is 0 Å². The van der Waals surface area contributed by atoms with Gasteiger partial charge in [-0.2, -0.15) is 0 Å². The number of ether oxygens (including phenoxy) is 1. The predicted octanol–water partition coefficient (Wildman–Crippen LogP) is 2.84. The van der Waals surface area contributed by atoms with E-state index in [1.807, 2.05) is 13.1 Å². The zero-order valence-corrected chi connectivity index (χ0v) is 12.5. The summed E-state index contributed by atoms with van der Waals surface area (Å²) in [5.74, 6) is 2.15. The average molecular weight is 302 g/mol. The number of hydrogen-bond donors (Lipinski definition) is 0. The number of anilines is 1. The van der Waals surface area contributed by atoms with E-state index < -0.39 is 0 Å². The van der Waals surface area contributed by atoms with Crippen LogP contribution in [0, 0.1) is 0 Å². The molecule has 5 heteroatoms. The van der Waals surface area contributed by atoms with Crippen molar-refractivity contribution in [3.05, 3.63) is 16.5 Å². The third kappa shape index (κ3) is 4.60. The second-order valence-corrected chi connectivity index (χ2v) is 5.14. The highest BCUT2D eigenvalue weighted by Gasteiger charge is 2.09. The van der Waals surface area contributed by atoms with Crippen LogP contribution in [-0.4, -0.2) is 37.3 Å². The van der Waals surface area contributed by atoms with Gasteiger partial charge in [-0.15, -0.1) is 0 Å². The van der Waals surface area contributed by atoms with Crippen molar-refractivity contribution in [3.63, 3.8) is 0 Å². The molecular weight excluding hydrogens is 282 g/mol. The van der Waals surface area contributed by atoms with Crippen molar-refractivity contribution in [2.75, 3.05) is 32.2 Å². The van der Waals surface area contributed by atoms with Gasteiger partial charge in [0.15, 0.2) is 0 Å². The van der Waals surface area contributed by atoms with Gasteiger partial charge in [-0.3, -0.25) is 0 Å². The fourth-order valence-electron chi connectivity index (χ4n) is 1.44. The Labute approximate surface area is 112 Å². The van der Waals surface area contributed by atoms with E-state index in [2.05, 4.69) is 44.6 Å². The van der Waals surface area contributed by atoms with Crippen molar-refractivity contribution < 1.29 is 4.74 Å². The Morgan fingerprint density at radius 2 is 2.12 bits per heavy atom. The van der Waals surface area contributed by atoms with Crippen LogP contribution < -0.4 is 4.90 Å². The molecule has 4 nitrogen and oxygen atoms in total. The molecule has 0 bridgehead atoms. The third-order valence-electron chi connectivity index (χ3n) is 2.45. The Balaban J connectivity index is 2.75. The summed E-state index contributed by atoms with van der Waals surface area (Å²) in [5, 5.41) is 0. The number of nitrogens with zero attached hydrogens (tertiary/aromatic N) is 3. The van der Waals surface area contributed by atoms with Crippen LogP contribution in [0.2, 0.25) is 0 Å². The first-order chi connectivity index (χ1) is 8.04. The van der Waals surface area contributed by atoms with Gasteiger partial charge in [0.2, 0.25) is 0 Å². The van der Waals surface area contributed by atoms with Crippen LogP contribution in [0.25, 0.3) is 0 Å². The first kappa shape index (κ1) is 14.4. The first-order valence-corrected chi connectivity index (χ1v) is 6.58. The van der Waals surface area contributed by atoms with Crippen molar-refractivity contribution in [1.82, 2.24) is 9.97 Å². The minimum atomic E-state index is 0.332. The Morgan fingerprint density at radius 3 is 2.71 bits per heavy atom. The molecule has 0 saturated heterocycles. The summed E-state index contributed by atoms with van der Waals surface area (Å²) in [6.07, 6.45) is 0.992. The summed E-state index contributed by atoms with van der Waals surface area (Å²) in [6.45, 7) is 5.88. The van der Waals surface area contributed by atoms with Crippen LogP contribution in [0.4, 0.5) is 5.82 Å². The van der Waals surface area contributed by atoms with Crippen LogP contribution in [0.15, 0.2) is 10.7 Å². The summed E-state index contributed by atoms with van der Waals surface area (Å²) in [4.78, 5) is 11.0. The van der Waals surface area contributed by atoms with E-state index in [1.165, 1.54) is 0 Å². The van der Waals surface area contributed by atoms with Crippen LogP contribution in [0.3, 0.4) is 0 Å². The first-order valence-electron chi connectivity index (χ1n) is 5.79. The van der Waals surface area contributed by atoms with Crippen molar-refractivity contribution in [2.24, 2.45) is 0 Å². The highest BCUT2D eigenvalue weighted by atomic mass is 79.9. The molecule has 0 amide bonds. The lowest BCUT2D eigenvalue weighted by Crippen LogP contribution is -2.21. The average Bonchev–Trinajstić information content (AvgIpc) is 2.28. The van der Waals surface area contributed by atoms with Crippen LogP contribution in [0.1, 0.15) is 32.0 Å². The Bertz CT molecular complexity index is 358. The van der Waals surface area contributed by atoms with E-state index in [9.17, 15) is 0 Å². The molecule has 0 radical (unpaired) electrons. The van der Waals surface area contributed by atoms with Crippen molar-refractivity contribution in [1.29, 1.82) is 0 Å². The fraction of sp³-hybridized carbons (Fsp3) is 0.667. The zero-order valence-electron chi connectivity index (χ0n) is 10.9. The number of rotatable bonds is 6. The lowest BCUT2D eigenvalue weighted by atomic mass is 10.2. The normalized spacial score (nSPS) is 10.9. The van der Waals surface area contributed by atoms with Crippen LogP contribution in [0.5, 0.6) is 0 Å². The molecule has 0 aromatic carbocycles. The zero-order chi connectivity index (χ0) is 12.8. The molecule has 0 saturated carbocycles. The second kappa shape index (κ2) is 6.91. The molecule has 1 rings (SSSR count). The van der Waals surface area contributed by atoms with Gasteiger partial charge in [-0.25, -0.2) is 9.97 Å². The number of halogens is 1. The molecule has 0 atom stereocenters. The lowest BCUT2D eigenvalue weighted by molar-refractivity contribution is 0.196. The van der Waals surface area contributed by atoms with Crippen LogP contribution in [-0.2, 0) is 4.74 Å². The summed E-state index contributed by atoms with van der Waals surface area (Å²) in [5.41, 5.74) is 0. The highest BCUT2D eigenvalue weighted by molar-refractivity contribution is 9.10. The molecule has 1 aromatic rings. The second-order valence-electron chi connectivity index (χ2n) is 4.33. The van der Waals surface area contributed by atoms with Crippen molar-refractivity contribution in [3.8, 4) is 0 Å². The number of aromatic nitrogens is 2. The highest BCUT2D eigenvalue weighted by Crippen LogP contribution is 2.19. The number of hydrogen-bond acceptors (Lipinski definition) is 4. The molecule has 0 spiro atoms. The minimum absolute atomic E-state index is 0.332. The molecule has 0 aliphatic rings. The number of methoxy groups -OCH3 is 1.